The number of aromatic nitrogens is 2. The van der Waals surface area contributed by atoms with Crippen LogP contribution in [0, 0.1) is 0 Å². The Labute approximate surface area is 173 Å². The molecule has 0 saturated heterocycles. The molecule has 0 radical (unpaired) electrons. The number of benzene rings is 2. The number of hydrogen-bond acceptors (Lipinski definition) is 6. The molecular weight excluding hydrogens is 392 g/mol. The van der Waals surface area contributed by atoms with Gasteiger partial charge < -0.3 is 9.47 Å². The third-order valence-electron chi connectivity index (χ3n) is 3.75. The topological polar surface area (TPSA) is 85.7 Å². The van der Waals surface area contributed by atoms with E-state index in [0.29, 0.717) is 29.7 Å². The van der Waals surface area contributed by atoms with Crippen molar-refractivity contribution >= 4 is 23.7 Å². The second-order valence-electron chi connectivity index (χ2n) is 5.84. The zero-order chi connectivity index (χ0) is 20.5. The van der Waals surface area contributed by atoms with Crippen LogP contribution in [-0.2, 0) is 6.61 Å². The third kappa shape index (κ3) is 6.02. The summed E-state index contributed by atoms with van der Waals surface area (Å²) < 4.78 is 11.5. The normalized spacial score (nSPS) is 10.7. The van der Waals surface area contributed by atoms with Gasteiger partial charge in [-0.25, -0.2) is 10.4 Å². The van der Waals surface area contributed by atoms with E-state index in [0.717, 1.165) is 11.1 Å². The SMILES string of the molecule is CCOc1cc(/C=N\NC(=O)c2cnccn2)ccc1OCc1ccc(Cl)cc1. The molecule has 0 aliphatic carbocycles. The van der Waals surface area contributed by atoms with Gasteiger partial charge in [0, 0.05) is 17.4 Å². The molecule has 2 aromatic carbocycles. The van der Waals surface area contributed by atoms with E-state index in [4.69, 9.17) is 21.1 Å². The Hall–Kier alpha value is -3.45. The summed E-state index contributed by atoms with van der Waals surface area (Å²) >= 11 is 5.90. The van der Waals surface area contributed by atoms with Crippen molar-refractivity contribution in [1.29, 1.82) is 0 Å². The maximum atomic E-state index is 11.9. The molecule has 0 fully saturated rings. The van der Waals surface area contributed by atoms with Gasteiger partial charge in [-0.1, -0.05) is 23.7 Å². The lowest BCUT2D eigenvalue weighted by atomic mass is 10.2. The highest BCUT2D eigenvalue weighted by molar-refractivity contribution is 6.30. The van der Waals surface area contributed by atoms with Gasteiger partial charge in [0.25, 0.3) is 5.91 Å². The van der Waals surface area contributed by atoms with Gasteiger partial charge in [-0.2, -0.15) is 5.10 Å². The number of ether oxygens (including phenoxy) is 2. The fourth-order valence-corrected chi connectivity index (χ4v) is 2.50. The summed E-state index contributed by atoms with van der Waals surface area (Å²) in [5, 5.41) is 4.63. The van der Waals surface area contributed by atoms with Gasteiger partial charge in [-0.15, -0.1) is 0 Å². The molecular formula is C21H19ClN4O3. The van der Waals surface area contributed by atoms with Crippen LogP contribution in [0.2, 0.25) is 5.02 Å². The van der Waals surface area contributed by atoms with Crippen molar-refractivity contribution < 1.29 is 14.3 Å². The molecule has 0 spiro atoms. The van der Waals surface area contributed by atoms with E-state index >= 15 is 0 Å². The Bertz CT molecular complexity index is 979. The average Bonchev–Trinajstić information content (AvgIpc) is 2.75. The van der Waals surface area contributed by atoms with Gasteiger partial charge in [-0.05, 0) is 48.4 Å². The summed E-state index contributed by atoms with van der Waals surface area (Å²) in [5.41, 5.74) is 4.33. The quantitative estimate of drug-likeness (QED) is 0.450. The largest absolute Gasteiger partial charge is 0.490 e. The second kappa shape index (κ2) is 10.2. The Kier molecular flexibility index (Phi) is 7.13. The average molecular weight is 411 g/mol. The standard InChI is InChI=1S/C21H19ClN4O3/c1-2-28-20-11-16(12-25-26-21(27)18-13-23-9-10-24-18)5-8-19(20)29-14-15-3-6-17(22)7-4-15/h3-13H,2,14H2,1H3,(H,26,27)/b25-12-. The zero-order valence-electron chi connectivity index (χ0n) is 15.7. The highest BCUT2D eigenvalue weighted by atomic mass is 35.5. The van der Waals surface area contributed by atoms with E-state index in [1.54, 1.807) is 12.1 Å². The first kappa shape index (κ1) is 20.3. The lowest BCUT2D eigenvalue weighted by Gasteiger charge is -2.12. The molecule has 1 amide bonds. The Morgan fingerprint density at radius 3 is 2.69 bits per heavy atom. The molecule has 1 aromatic heterocycles. The smallest absolute Gasteiger partial charge is 0.291 e. The minimum absolute atomic E-state index is 0.186. The molecule has 3 rings (SSSR count). The Morgan fingerprint density at radius 2 is 1.97 bits per heavy atom. The Balaban J connectivity index is 1.65. The highest BCUT2D eigenvalue weighted by Crippen LogP contribution is 2.29. The first-order valence-corrected chi connectivity index (χ1v) is 9.27. The van der Waals surface area contributed by atoms with E-state index in [-0.39, 0.29) is 5.69 Å². The number of rotatable bonds is 8. The number of hydrazone groups is 1. The van der Waals surface area contributed by atoms with Crippen molar-refractivity contribution in [1.82, 2.24) is 15.4 Å². The number of nitrogens with one attached hydrogen (secondary N) is 1. The lowest BCUT2D eigenvalue weighted by molar-refractivity contribution is 0.0949. The van der Waals surface area contributed by atoms with Crippen LogP contribution in [0.15, 0.2) is 66.2 Å². The molecule has 0 aliphatic heterocycles. The third-order valence-corrected chi connectivity index (χ3v) is 4.00. The molecule has 1 heterocycles. The fourth-order valence-electron chi connectivity index (χ4n) is 2.37. The molecule has 0 saturated carbocycles. The molecule has 7 nitrogen and oxygen atoms in total. The van der Waals surface area contributed by atoms with Crippen LogP contribution < -0.4 is 14.9 Å². The van der Waals surface area contributed by atoms with Crippen molar-refractivity contribution in [2.75, 3.05) is 6.61 Å². The molecule has 0 atom stereocenters. The van der Waals surface area contributed by atoms with Gasteiger partial charge in [0.15, 0.2) is 11.5 Å². The molecule has 8 heteroatoms. The van der Waals surface area contributed by atoms with Crippen LogP contribution in [0.3, 0.4) is 0 Å². The summed E-state index contributed by atoms with van der Waals surface area (Å²) in [6.45, 7) is 2.77. The van der Waals surface area contributed by atoms with Crippen molar-refractivity contribution in [2.24, 2.45) is 5.10 Å². The highest BCUT2D eigenvalue weighted by Gasteiger charge is 2.08. The van der Waals surface area contributed by atoms with Crippen LogP contribution in [0.1, 0.15) is 28.5 Å². The molecule has 0 unspecified atom stereocenters. The summed E-state index contributed by atoms with van der Waals surface area (Å²) in [5.74, 6) is 0.760. The van der Waals surface area contributed by atoms with Crippen molar-refractivity contribution in [2.45, 2.75) is 13.5 Å². The maximum Gasteiger partial charge on any atom is 0.291 e. The van der Waals surface area contributed by atoms with Crippen LogP contribution in [0.25, 0.3) is 0 Å². The van der Waals surface area contributed by atoms with E-state index in [2.05, 4.69) is 20.5 Å². The fraction of sp³-hybridized carbons (Fsp3) is 0.143. The molecule has 0 bridgehead atoms. The summed E-state index contributed by atoms with van der Waals surface area (Å²) in [7, 11) is 0. The van der Waals surface area contributed by atoms with Crippen molar-refractivity contribution in [3.63, 3.8) is 0 Å². The first-order chi connectivity index (χ1) is 14.2. The van der Waals surface area contributed by atoms with Gasteiger partial charge in [0.05, 0.1) is 19.0 Å². The molecule has 29 heavy (non-hydrogen) atoms. The monoisotopic (exact) mass is 410 g/mol. The summed E-state index contributed by atoms with van der Waals surface area (Å²) in [4.78, 5) is 19.7. The second-order valence-corrected chi connectivity index (χ2v) is 6.28. The van der Waals surface area contributed by atoms with Crippen LogP contribution >= 0.6 is 11.6 Å². The number of nitrogens with zero attached hydrogens (tertiary/aromatic N) is 3. The zero-order valence-corrected chi connectivity index (χ0v) is 16.5. The van der Waals surface area contributed by atoms with Gasteiger partial charge in [-0.3, -0.25) is 9.78 Å². The molecule has 1 N–H and O–H groups in total. The van der Waals surface area contributed by atoms with E-state index in [1.807, 2.05) is 37.3 Å². The number of halogens is 1. The van der Waals surface area contributed by atoms with Crippen molar-refractivity contribution in [3.05, 3.63) is 82.9 Å². The van der Waals surface area contributed by atoms with Crippen LogP contribution in [0.5, 0.6) is 11.5 Å². The predicted molar refractivity (Wildman–Crippen MR) is 110 cm³/mol. The minimum atomic E-state index is -0.442. The number of carbonyl (C=O) groups excluding carboxylic acids is 1. The van der Waals surface area contributed by atoms with Gasteiger partial charge >= 0.3 is 0 Å². The summed E-state index contributed by atoms with van der Waals surface area (Å²) in [6.07, 6.45) is 5.81. The molecule has 3 aromatic rings. The number of carbonyl (C=O) groups is 1. The maximum absolute atomic E-state index is 11.9. The van der Waals surface area contributed by atoms with Gasteiger partial charge in [0.2, 0.25) is 0 Å². The number of amides is 1. The molecule has 0 aliphatic rings. The van der Waals surface area contributed by atoms with Gasteiger partial charge in [0.1, 0.15) is 12.3 Å². The lowest BCUT2D eigenvalue weighted by Crippen LogP contribution is -2.19. The van der Waals surface area contributed by atoms with E-state index in [9.17, 15) is 4.79 Å². The molecule has 148 valence electrons. The van der Waals surface area contributed by atoms with E-state index < -0.39 is 5.91 Å². The first-order valence-electron chi connectivity index (χ1n) is 8.89. The van der Waals surface area contributed by atoms with E-state index in [1.165, 1.54) is 24.8 Å². The van der Waals surface area contributed by atoms with Crippen molar-refractivity contribution in [3.8, 4) is 11.5 Å². The Morgan fingerprint density at radius 1 is 1.14 bits per heavy atom. The number of hydrogen-bond donors (Lipinski definition) is 1. The van der Waals surface area contributed by atoms with Crippen LogP contribution in [0.4, 0.5) is 0 Å². The summed E-state index contributed by atoms with van der Waals surface area (Å²) in [6, 6.07) is 12.9. The predicted octanol–water partition coefficient (Wildman–Crippen LogP) is 3.87. The minimum Gasteiger partial charge on any atom is -0.490 e. The van der Waals surface area contributed by atoms with Crippen LogP contribution in [-0.4, -0.2) is 28.7 Å².